The van der Waals surface area contributed by atoms with Crippen LogP contribution in [0.1, 0.15) is 70.2 Å². The van der Waals surface area contributed by atoms with Crippen LogP contribution in [0.2, 0.25) is 0 Å². The van der Waals surface area contributed by atoms with Gasteiger partial charge in [-0.05, 0) is 49.3 Å². The highest BCUT2D eigenvalue weighted by Gasteiger charge is 2.12. The molecule has 3 nitrogen and oxygen atoms in total. The number of aromatic nitrogens is 1. The molecule has 0 radical (unpaired) electrons. The summed E-state index contributed by atoms with van der Waals surface area (Å²) >= 11 is 1.77. The van der Waals surface area contributed by atoms with E-state index >= 15 is 0 Å². The molecule has 0 aliphatic rings. The highest BCUT2D eigenvalue weighted by Crippen LogP contribution is 2.35. The Hall–Kier alpha value is -1.65. The van der Waals surface area contributed by atoms with E-state index in [2.05, 4.69) is 50.0 Å². The van der Waals surface area contributed by atoms with Gasteiger partial charge in [0.05, 0.1) is 12.1 Å². The number of fused-ring (bicyclic) bond motifs is 3. The van der Waals surface area contributed by atoms with E-state index in [9.17, 15) is 0 Å². The van der Waals surface area contributed by atoms with Crippen molar-refractivity contribution in [3.05, 3.63) is 34.7 Å². The summed E-state index contributed by atoms with van der Waals surface area (Å²) in [7, 11) is 0. The van der Waals surface area contributed by atoms with Gasteiger partial charge in [-0.2, -0.15) is 0 Å². The molecule has 2 N–H and O–H groups in total. The van der Waals surface area contributed by atoms with Crippen LogP contribution in [0.3, 0.4) is 0 Å². The average molecular weight is 399 g/mol. The van der Waals surface area contributed by atoms with Crippen molar-refractivity contribution in [3.8, 4) is 0 Å². The lowest BCUT2D eigenvalue weighted by Crippen LogP contribution is -2.03. The lowest BCUT2D eigenvalue weighted by Gasteiger charge is -2.17. The Labute approximate surface area is 173 Å². The molecule has 0 saturated heterocycles. The van der Waals surface area contributed by atoms with Crippen LogP contribution in [0, 0.1) is 5.41 Å². The van der Waals surface area contributed by atoms with Crippen LogP contribution in [-0.4, -0.2) is 11.6 Å². The maximum absolute atomic E-state index is 6.26. The number of ether oxygens (including phenoxy) is 1. The van der Waals surface area contributed by atoms with E-state index in [1.807, 2.05) is 6.92 Å². The van der Waals surface area contributed by atoms with Gasteiger partial charge in [0.25, 0.3) is 0 Å². The molecule has 3 aromatic rings. The minimum atomic E-state index is 0.458. The first-order chi connectivity index (χ1) is 13.4. The first-order valence-corrected chi connectivity index (χ1v) is 11.4. The van der Waals surface area contributed by atoms with Gasteiger partial charge in [0.15, 0.2) is 0 Å². The molecule has 0 bridgehead atoms. The smallest absolute Gasteiger partial charge is 0.132 e. The van der Waals surface area contributed by atoms with Gasteiger partial charge in [-0.15, -0.1) is 11.3 Å². The number of aryl methyl sites for hydroxylation is 1. The predicted octanol–water partition coefficient (Wildman–Crippen LogP) is 7.11. The zero-order valence-electron chi connectivity index (χ0n) is 17.8. The number of nitrogen functional groups attached to an aromatic ring is 1. The van der Waals surface area contributed by atoms with E-state index < -0.39 is 0 Å². The summed E-state index contributed by atoms with van der Waals surface area (Å²) in [6, 6.07) is 8.84. The summed E-state index contributed by atoms with van der Waals surface area (Å²) in [5.41, 5.74) is 9.09. The Balaban J connectivity index is 1.67. The Kier molecular flexibility index (Phi) is 6.95. The molecule has 152 valence electrons. The number of anilines is 1. The van der Waals surface area contributed by atoms with Gasteiger partial charge in [0, 0.05) is 27.0 Å². The number of nitrogens with two attached hydrogens (primary N) is 1. The SMILES string of the molecule is CCOCc1cc2c(N)nc3cc(CCCCCCC(C)(C)C)ccc3c2s1. The molecule has 0 amide bonds. The molecule has 2 aromatic heterocycles. The Morgan fingerprint density at radius 3 is 2.57 bits per heavy atom. The minimum Gasteiger partial charge on any atom is -0.383 e. The first-order valence-electron chi connectivity index (χ1n) is 10.6. The molecule has 2 heterocycles. The third kappa shape index (κ3) is 5.45. The lowest BCUT2D eigenvalue weighted by atomic mass is 9.89. The number of unbranched alkanes of at least 4 members (excludes halogenated alkanes) is 3. The van der Waals surface area contributed by atoms with Crippen LogP contribution < -0.4 is 5.73 Å². The second-order valence-corrected chi connectivity index (χ2v) is 10.1. The number of benzene rings is 1. The van der Waals surface area contributed by atoms with E-state index in [-0.39, 0.29) is 0 Å². The molecule has 0 fully saturated rings. The van der Waals surface area contributed by atoms with Gasteiger partial charge in [-0.3, -0.25) is 0 Å². The third-order valence-electron chi connectivity index (χ3n) is 5.20. The standard InChI is InChI=1S/C24H34N2OS/c1-5-27-16-18-15-20-22(28-18)19-12-11-17(14-21(19)26-23(20)25)10-8-6-7-9-13-24(2,3)4/h11-12,14-15H,5-10,13,16H2,1-4H3,(H2,25,26). The molecule has 0 spiro atoms. The second-order valence-electron chi connectivity index (χ2n) is 8.92. The van der Waals surface area contributed by atoms with E-state index in [0.717, 1.165) is 23.9 Å². The van der Waals surface area contributed by atoms with Crippen molar-refractivity contribution in [2.24, 2.45) is 5.41 Å². The summed E-state index contributed by atoms with van der Waals surface area (Å²) in [5.74, 6) is 0.626. The molecule has 0 aliphatic heterocycles. The van der Waals surface area contributed by atoms with Crippen molar-refractivity contribution in [1.82, 2.24) is 4.98 Å². The normalized spacial score (nSPS) is 12.3. The molecule has 4 heteroatoms. The van der Waals surface area contributed by atoms with E-state index in [4.69, 9.17) is 10.5 Å². The Bertz CT molecular complexity index is 924. The monoisotopic (exact) mass is 398 g/mol. The minimum absolute atomic E-state index is 0.458. The van der Waals surface area contributed by atoms with E-state index in [1.54, 1.807) is 11.3 Å². The van der Waals surface area contributed by atoms with Crippen LogP contribution in [0.15, 0.2) is 24.3 Å². The van der Waals surface area contributed by atoms with Gasteiger partial charge in [0.2, 0.25) is 0 Å². The number of nitrogens with zero attached hydrogens (tertiary/aromatic N) is 1. The molecule has 28 heavy (non-hydrogen) atoms. The highest BCUT2D eigenvalue weighted by molar-refractivity contribution is 7.20. The zero-order chi connectivity index (χ0) is 20.1. The summed E-state index contributed by atoms with van der Waals surface area (Å²) < 4.78 is 6.79. The number of thiophene rings is 1. The van der Waals surface area contributed by atoms with Crippen LogP contribution >= 0.6 is 11.3 Å². The molecule has 0 saturated carbocycles. The topological polar surface area (TPSA) is 48.1 Å². The van der Waals surface area contributed by atoms with Crippen molar-refractivity contribution < 1.29 is 4.74 Å². The van der Waals surface area contributed by atoms with Crippen molar-refractivity contribution in [1.29, 1.82) is 0 Å². The maximum Gasteiger partial charge on any atom is 0.132 e. The molecule has 0 unspecified atom stereocenters. The molecule has 0 aliphatic carbocycles. The van der Waals surface area contributed by atoms with Gasteiger partial charge in [-0.25, -0.2) is 4.98 Å². The molecular formula is C24H34N2OS. The molecule has 3 rings (SSSR count). The maximum atomic E-state index is 6.26. The van der Waals surface area contributed by atoms with E-state index in [0.29, 0.717) is 17.8 Å². The van der Waals surface area contributed by atoms with E-state index in [1.165, 1.54) is 52.6 Å². The van der Waals surface area contributed by atoms with Crippen molar-refractivity contribution in [2.75, 3.05) is 12.3 Å². The van der Waals surface area contributed by atoms with Crippen LogP contribution in [-0.2, 0) is 17.8 Å². The molecular weight excluding hydrogens is 364 g/mol. The van der Waals surface area contributed by atoms with Gasteiger partial charge < -0.3 is 10.5 Å². The second kappa shape index (κ2) is 9.23. The van der Waals surface area contributed by atoms with Gasteiger partial charge in [-0.1, -0.05) is 52.2 Å². The Morgan fingerprint density at radius 1 is 1.04 bits per heavy atom. The van der Waals surface area contributed by atoms with Gasteiger partial charge in [0.1, 0.15) is 5.82 Å². The zero-order valence-corrected chi connectivity index (χ0v) is 18.6. The molecule has 0 atom stereocenters. The quantitative estimate of drug-likeness (QED) is 0.391. The summed E-state index contributed by atoms with van der Waals surface area (Å²) in [4.78, 5) is 5.89. The predicted molar refractivity (Wildman–Crippen MR) is 123 cm³/mol. The molecule has 1 aromatic carbocycles. The van der Waals surface area contributed by atoms with Crippen LogP contribution in [0.5, 0.6) is 0 Å². The fraction of sp³-hybridized carbons (Fsp3) is 0.542. The first kappa shape index (κ1) is 21.1. The lowest BCUT2D eigenvalue weighted by molar-refractivity contribution is 0.136. The highest BCUT2D eigenvalue weighted by atomic mass is 32.1. The van der Waals surface area contributed by atoms with Crippen molar-refractivity contribution in [2.45, 2.75) is 72.8 Å². The van der Waals surface area contributed by atoms with Crippen molar-refractivity contribution in [3.63, 3.8) is 0 Å². The number of hydrogen-bond donors (Lipinski definition) is 1. The van der Waals surface area contributed by atoms with Gasteiger partial charge >= 0.3 is 0 Å². The fourth-order valence-corrected chi connectivity index (χ4v) is 4.79. The average Bonchev–Trinajstić information content (AvgIpc) is 3.07. The Morgan fingerprint density at radius 2 is 1.82 bits per heavy atom. The largest absolute Gasteiger partial charge is 0.383 e. The number of hydrogen-bond acceptors (Lipinski definition) is 4. The van der Waals surface area contributed by atoms with Crippen LogP contribution in [0.4, 0.5) is 5.82 Å². The number of rotatable bonds is 9. The number of pyridine rings is 1. The third-order valence-corrected chi connectivity index (χ3v) is 6.34. The summed E-state index contributed by atoms with van der Waals surface area (Å²) in [5, 5.41) is 2.25. The fourth-order valence-electron chi connectivity index (χ4n) is 3.65. The summed E-state index contributed by atoms with van der Waals surface area (Å²) in [6.07, 6.45) is 7.63. The summed E-state index contributed by atoms with van der Waals surface area (Å²) in [6.45, 7) is 10.4. The van der Waals surface area contributed by atoms with Crippen LogP contribution in [0.25, 0.3) is 21.0 Å². The van der Waals surface area contributed by atoms with Crippen molar-refractivity contribution >= 4 is 38.1 Å².